The van der Waals surface area contributed by atoms with Crippen molar-refractivity contribution in [1.29, 1.82) is 0 Å². The zero-order valence-electron chi connectivity index (χ0n) is 9.79. The van der Waals surface area contributed by atoms with Gasteiger partial charge in [-0.2, -0.15) is 0 Å². The molecule has 1 heterocycles. The highest BCUT2D eigenvalue weighted by atomic mass is 35.5. The second kappa shape index (κ2) is 7.41. The fraction of sp³-hybridized carbons (Fsp3) is 0.636. The summed E-state index contributed by atoms with van der Waals surface area (Å²) in [6.45, 7) is 6.03. The summed E-state index contributed by atoms with van der Waals surface area (Å²) in [5, 5.41) is 3.66. The average molecular weight is 244 g/mol. The molecule has 90 valence electrons. The maximum Gasteiger partial charge on any atom is 0.158 e. The summed E-state index contributed by atoms with van der Waals surface area (Å²) >= 11 is 5.90. The molecule has 0 saturated carbocycles. The number of hydrogen-bond donors (Lipinski definition) is 1. The van der Waals surface area contributed by atoms with Gasteiger partial charge in [0.05, 0.1) is 0 Å². The molecule has 0 aromatic carbocycles. The van der Waals surface area contributed by atoms with Gasteiger partial charge in [0.1, 0.15) is 17.6 Å². The summed E-state index contributed by atoms with van der Waals surface area (Å²) in [4.78, 5) is 8.40. The van der Waals surface area contributed by atoms with Crippen LogP contribution in [0.15, 0.2) is 6.07 Å². The van der Waals surface area contributed by atoms with Crippen molar-refractivity contribution in [3.05, 3.63) is 17.0 Å². The number of aromatic nitrogens is 2. The molecule has 0 fully saturated rings. The van der Waals surface area contributed by atoms with Gasteiger partial charge in [-0.25, -0.2) is 9.97 Å². The maximum absolute atomic E-state index is 5.90. The summed E-state index contributed by atoms with van der Waals surface area (Å²) in [5.41, 5.74) is 0. The van der Waals surface area contributed by atoms with E-state index in [2.05, 4.69) is 22.2 Å². The topological polar surface area (TPSA) is 47.0 Å². The van der Waals surface area contributed by atoms with E-state index in [-0.39, 0.29) is 0 Å². The quantitative estimate of drug-likeness (QED) is 0.591. The van der Waals surface area contributed by atoms with Gasteiger partial charge in [-0.1, -0.05) is 24.9 Å². The van der Waals surface area contributed by atoms with Crippen LogP contribution in [0.1, 0.15) is 32.5 Å². The molecule has 1 N–H and O–H groups in total. The van der Waals surface area contributed by atoms with Gasteiger partial charge >= 0.3 is 0 Å². The van der Waals surface area contributed by atoms with Gasteiger partial charge in [-0.15, -0.1) is 0 Å². The highest BCUT2D eigenvalue weighted by molar-refractivity contribution is 6.29. The van der Waals surface area contributed by atoms with E-state index in [0.717, 1.165) is 25.2 Å². The predicted molar refractivity (Wildman–Crippen MR) is 65.8 cm³/mol. The number of halogens is 1. The zero-order chi connectivity index (χ0) is 11.8. The smallest absolute Gasteiger partial charge is 0.158 e. The minimum Gasteiger partial charge on any atom is -0.374 e. The number of unbranched alkanes of at least 4 members (excludes halogenated alkanes) is 1. The highest BCUT2D eigenvalue weighted by Gasteiger charge is 2.02. The molecule has 0 aliphatic rings. The Morgan fingerprint density at radius 2 is 2.19 bits per heavy atom. The first kappa shape index (κ1) is 13.2. The summed E-state index contributed by atoms with van der Waals surface area (Å²) in [5.74, 6) is 1.39. The normalized spacial score (nSPS) is 10.4. The molecule has 5 heteroatoms. The molecule has 0 spiro atoms. The van der Waals surface area contributed by atoms with E-state index in [4.69, 9.17) is 16.3 Å². The zero-order valence-corrected chi connectivity index (χ0v) is 10.5. The largest absolute Gasteiger partial charge is 0.374 e. The SMILES string of the molecule is CCCCNc1cc(Cl)nc(COCC)n1. The van der Waals surface area contributed by atoms with Crippen LogP contribution in [0, 0.1) is 0 Å². The number of ether oxygens (including phenoxy) is 1. The summed E-state index contributed by atoms with van der Waals surface area (Å²) < 4.78 is 5.24. The van der Waals surface area contributed by atoms with Crippen LogP contribution in [0.3, 0.4) is 0 Å². The lowest BCUT2D eigenvalue weighted by molar-refractivity contribution is 0.128. The fourth-order valence-corrected chi connectivity index (χ4v) is 1.41. The molecule has 0 bridgehead atoms. The lowest BCUT2D eigenvalue weighted by Crippen LogP contribution is -2.06. The lowest BCUT2D eigenvalue weighted by Gasteiger charge is -2.07. The Morgan fingerprint density at radius 3 is 2.88 bits per heavy atom. The Morgan fingerprint density at radius 1 is 1.38 bits per heavy atom. The molecule has 0 atom stereocenters. The van der Waals surface area contributed by atoms with Crippen LogP contribution in [-0.2, 0) is 11.3 Å². The second-order valence-corrected chi connectivity index (χ2v) is 3.80. The van der Waals surface area contributed by atoms with Crippen LogP contribution < -0.4 is 5.32 Å². The molecule has 1 aromatic heterocycles. The van der Waals surface area contributed by atoms with E-state index in [1.54, 1.807) is 6.07 Å². The van der Waals surface area contributed by atoms with E-state index in [9.17, 15) is 0 Å². The molecule has 0 unspecified atom stereocenters. The molecule has 0 saturated heterocycles. The third-order valence-corrected chi connectivity index (χ3v) is 2.21. The number of nitrogens with one attached hydrogen (secondary N) is 1. The first-order valence-electron chi connectivity index (χ1n) is 5.61. The van der Waals surface area contributed by atoms with Gasteiger partial charge < -0.3 is 10.1 Å². The maximum atomic E-state index is 5.90. The monoisotopic (exact) mass is 243 g/mol. The highest BCUT2D eigenvalue weighted by Crippen LogP contribution is 2.12. The molecule has 16 heavy (non-hydrogen) atoms. The fourth-order valence-electron chi connectivity index (χ4n) is 1.21. The summed E-state index contributed by atoms with van der Waals surface area (Å²) in [7, 11) is 0. The van der Waals surface area contributed by atoms with Gasteiger partial charge in [-0.05, 0) is 13.3 Å². The van der Waals surface area contributed by atoms with E-state index in [1.165, 1.54) is 0 Å². The summed E-state index contributed by atoms with van der Waals surface area (Å²) in [6.07, 6.45) is 2.26. The van der Waals surface area contributed by atoms with E-state index < -0.39 is 0 Å². The van der Waals surface area contributed by atoms with Crippen molar-refractivity contribution in [3.8, 4) is 0 Å². The van der Waals surface area contributed by atoms with E-state index in [0.29, 0.717) is 24.2 Å². The number of hydrogen-bond acceptors (Lipinski definition) is 4. The Balaban J connectivity index is 2.58. The average Bonchev–Trinajstić information content (AvgIpc) is 2.26. The van der Waals surface area contributed by atoms with E-state index in [1.807, 2.05) is 6.92 Å². The molecule has 4 nitrogen and oxygen atoms in total. The van der Waals surface area contributed by atoms with Gasteiger partial charge in [0.15, 0.2) is 5.82 Å². The van der Waals surface area contributed by atoms with Gasteiger partial charge in [0.2, 0.25) is 0 Å². The Labute approximate surface area is 101 Å². The molecule has 1 rings (SSSR count). The summed E-state index contributed by atoms with van der Waals surface area (Å²) in [6, 6.07) is 1.73. The first-order chi connectivity index (χ1) is 7.76. The number of rotatable bonds is 7. The lowest BCUT2D eigenvalue weighted by atomic mass is 10.3. The first-order valence-corrected chi connectivity index (χ1v) is 5.99. The molecular formula is C11H18ClN3O. The minimum atomic E-state index is 0.402. The van der Waals surface area contributed by atoms with Crippen LogP contribution in [0.4, 0.5) is 5.82 Å². The van der Waals surface area contributed by atoms with Crippen molar-refractivity contribution in [2.75, 3.05) is 18.5 Å². The van der Waals surface area contributed by atoms with Crippen LogP contribution in [0.5, 0.6) is 0 Å². The standard InChI is InChI=1S/C11H18ClN3O/c1-3-5-6-13-10-7-9(12)14-11(15-10)8-16-4-2/h7H,3-6,8H2,1-2H3,(H,13,14,15). The van der Waals surface area contributed by atoms with Gasteiger partial charge in [-0.3, -0.25) is 0 Å². The third kappa shape index (κ3) is 4.77. The minimum absolute atomic E-state index is 0.402. The molecule has 0 radical (unpaired) electrons. The molecule has 0 aliphatic carbocycles. The van der Waals surface area contributed by atoms with Crippen LogP contribution in [0.2, 0.25) is 5.15 Å². The third-order valence-electron chi connectivity index (χ3n) is 2.01. The van der Waals surface area contributed by atoms with Crippen molar-refractivity contribution < 1.29 is 4.74 Å². The number of nitrogens with zero attached hydrogens (tertiary/aromatic N) is 2. The van der Waals surface area contributed by atoms with Crippen molar-refractivity contribution >= 4 is 17.4 Å². The van der Waals surface area contributed by atoms with Crippen molar-refractivity contribution in [1.82, 2.24) is 9.97 Å². The number of anilines is 1. The van der Waals surface area contributed by atoms with Crippen LogP contribution in [-0.4, -0.2) is 23.1 Å². The van der Waals surface area contributed by atoms with Crippen molar-refractivity contribution in [3.63, 3.8) is 0 Å². The van der Waals surface area contributed by atoms with Crippen molar-refractivity contribution in [2.45, 2.75) is 33.3 Å². The molecular weight excluding hydrogens is 226 g/mol. The van der Waals surface area contributed by atoms with Crippen LogP contribution in [0.25, 0.3) is 0 Å². The molecule has 0 amide bonds. The Kier molecular flexibility index (Phi) is 6.11. The van der Waals surface area contributed by atoms with Gasteiger partial charge in [0.25, 0.3) is 0 Å². The van der Waals surface area contributed by atoms with Crippen molar-refractivity contribution in [2.24, 2.45) is 0 Å². The van der Waals surface area contributed by atoms with Crippen LogP contribution >= 0.6 is 11.6 Å². The molecule has 0 aliphatic heterocycles. The van der Waals surface area contributed by atoms with E-state index >= 15 is 0 Å². The Hall–Kier alpha value is -0.870. The van der Waals surface area contributed by atoms with Gasteiger partial charge in [0, 0.05) is 19.2 Å². The second-order valence-electron chi connectivity index (χ2n) is 3.41. The predicted octanol–water partition coefficient (Wildman–Crippen LogP) is 2.88. The molecule has 1 aromatic rings. The Bertz CT molecular complexity index is 320.